The zero-order valence-electron chi connectivity index (χ0n) is 5.43. The molecule has 1 aliphatic heterocycles. The van der Waals surface area contributed by atoms with E-state index in [0.717, 1.165) is 13.1 Å². The Bertz CT molecular complexity index is 57.5. The van der Waals surface area contributed by atoms with Gasteiger partial charge in [0.2, 0.25) is 0 Å². The first kappa shape index (κ1) is 6.05. The van der Waals surface area contributed by atoms with Gasteiger partial charge in [0.1, 0.15) is 0 Å². The quantitative estimate of drug-likeness (QED) is 0.465. The van der Waals surface area contributed by atoms with Crippen molar-refractivity contribution in [1.82, 2.24) is 10.2 Å². The molecule has 0 spiro atoms. The molecule has 0 aromatic carbocycles. The van der Waals surface area contributed by atoms with Crippen molar-refractivity contribution >= 4 is 0 Å². The third-order valence-electron chi connectivity index (χ3n) is 1.60. The Balaban J connectivity index is 2.13. The third kappa shape index (κ3) is 1.46. The van der Waals surface area contributed by atoms with Gasteiger partial charge in [-0.15, -0.1) is 0 Å². The highest BCUT2D eigenvalue weighted by Crippen LogP contribution is 1.89. The maximum Gasteiger partial charge on any atom is 0.196 e. The molecule has 0 saturated carbocycles. The van der Waals surface area contributed by atoms with Crippen molar-refractivity contribution in [2.75, 3.05) is 32.7 Å². The normalized spacial score (nSPS) is 23.6. The Morgan fingerprint density at radius 3 is 2.38 bits per heavy atom. The average Bonchev–Trinajstić information content (AvgIpc) is 1.90. The zero-order chi connectivity index (χ0) is 5.82. The van der Waals surface area contributed by atoms with E-state index in [9.17, 15) is 0 Å². The summed E-state index contributed by atoms with van der Waals surface area (Å²) in [6, 6.07) is 0. The molecule has 0 aromatic heterocycles. The Labute approximate surface area is 50.9 Å². The fraction of sp³-hybridized carbons (Fsp3) is 1.00. The van der Waals surface area contributed by atoms with Gasteiger partial charge in [-0.1, -0.05) is 6.92 Å². The fourth-order valence-electron chi connectivity index (χ4n) is 0.964. The van der Waals surface area contributed by atoms with E-state index in [0.29, 0.717) is 0 Å². The maximum absolute atomic E-state index is 4.23. The van der Waals surface area contributed by atoms with E-state index in [1.807, 2.05) is 0 Å². The van der Waals surface area contributed by atoms with Gasteiger partial charge in [-0.05, 0) is 6.54 Å². The van der Waals surface area contributed by atoms with E-state index >= 15 is 0 Å². The summed E-state index contributed by atoms with van der Waals surface area (Å²) in [6.07, 6.45) is 0. The van der Waals surface area contributed by atoms with Gasteiger partial charge >= 0.3 is 0 Å². The number of hydrogen-bond acceptors (Lipinski definition) is 1. The van der Waals surface area contributed by atoms with Gasteiger partial charge in [0.05, 0.1) is 18.4 Å². The summed E-state index contributed by atoms with van der Waals surface area (Å²) in [5.74, 6) is 0. The lowest BCUT2D eigenvalue weighted by Crippen LogP contribution is -2.39. The second-order valence-corrected chi connectivity index (χ2v) is 2.11. The standard InChI is InChI=1S/C6H13N2/c1-2-8-5-3-7-4-6-8/h2-6H2,1H3/q+1. The van der Waals surface area contributed by atoms with E-state index in [1.165, 1.54) is 19.6 Å². The highest BCUT2D eigenvalue weighted by atomic mass is 15.2. The van der Waals surface area contributed by atoms with Crippen LogP contribution in [-0.4, -0.2) is 37.6 Å². The number of hydrogen-bond donors (Lipinski definition) is 0. The topological polar surface area (TPSA) is 17.3 Å². The van der Waals surface area contributed by atoms with E-state index < -0.39 is 0 Å². The molecule has 1 saturated heterocycles. The maximum atomic E-state index is 4.23. The van der Waals surface area contributed by atoms with E-state index in [4.69, 9.17) is 0 Å². The number of likely N-dealkylation sites (N-methyl/N-ethyl adjacent to an activating group) is 1. The van der Waals surface area contributed by atoms with Gasteiger partial charge in [-0.3, -0.25) is 4.90 Å². The lowest BCUT2D eigenvalue weighted by molar-refractivity contribution is 0.250. The number of nitrogens with zero attached hydrogens (tertiary/aromatic N) is 2. The van der Waals surface area contributed by atoms with Crippen LogP contribution >= 0.6 is 0 Å². The number of piperazine rings is 1. The largest absolute Gasteiger partial charge is 0.292 e. The minimum Gasteiger partial charge on any atom is -0.292 e. The Kier molecular flexibility index (Phi) is 2.30. The first-order valence-electron chi connectivity index (χ1n) is 3.29. The van der Waals surface area contributed by atoms with Crippen LogP contribution in [-0.2, 0) is 0 Å². The second kappa shape index (κ2) is 3.05. The Morgan fingerprint density at radius 1 is 1.38 bits per heavy atom. The molecule has 0 atom stereocenters. The van der Waals surface area contributed by atoms with Crippen LogP contribution in [0.25, 0.3) is 0 Å². The first-order valence-corrected chi connectivity index (χ1v) is 3.29. The predicted octanol–water partition coefficient (Wildman–Crippen LogP) is -0.0737. The van der Waals surface area contributed by atoms with Crippen molar-refractivity contribution in [3.63, 3.8) is 0 Å². The molecule has 0 N–H and O–H groups in total. The summed E-state index contributed by atoms with van der Waals surface area (Å²) < 4.78 is 0. The SMILES string of the molecule is CCN1CC[N+]CC1. The molecule has 1 aliphatic rings. The molecule has 46 valence electrons. The van der Waals surface area contributed by atoms with Crippen LogP contribution in [0.1, 0.15) is 6.92 Å². The van der Waals surface area contributed by atoms with Gasteiger partial charge in [0, 0.05) is 0 Å². The molecule has 1 heterocycles. The molecular weight excluding hydrogens is 100 g/mol. The van der Waals surface area contributed by atoms with Crippen LogP contribution in [0.4, 0.5) is 0 Å². The van der Waals surface area contributed by atoms with Crippen molar-refractivity contribution in [3.05, 3.63) is 0 Å². The lowest BCUT2D eigenvalue weighted by atomic mass is 10.4. The van der Waals surface area contributed by atoms with Crippen molar-refractivity contribution in [2.24, 2.45) is 0 Å². The summed E-state index contributed by atoms with van der Waals surface area (Å²) in [4.78, 5) is 2.42. The van der Waals surface area contributed by atoms with Crippen molar-refractivity contribution in [2.45, 2.75) is 6.92 Å². The molecule has 0 bridgehead atoms. The summed E-state index contributed by atoms with van der Waals surface area (Å²) >= 11 is 0. The van der Waals surface area contributed by atoms with Crippen LogP contribution in [0.2, 0.25) is 0 Å². The van der Waals surface area contributed by atoms with Crippen molar-refractivity contribution in [3.8, 4) is 0 Å². The van der Waals surface area contributed by atoms with Crippen LogP contribution in [0.3, 0.4) is 0 Å². The monoisotopic (exact) mass is 113 g/mol. The Morgan fingerprint density at radius 2 is 2.00 bits per heavy atom. The van der Waals surface area contributed by atoms with Crippen LogP contribution < -0.4 is 5.32 Å². The predicted molar refractivity (Wildman–Crippen MR) is 34.0 cm³/mol. The molecule has 0 amide bonds. The van der Waals surface area contributed by atoms with Crippen LogP contribution in [0, 0.1) is 0 Å². The minimum absolute atomic E-state index is 1.05. The van der Waals surface area contributed by atoms with Gasteiger partial charge < -0.3 is 0 Å². The van der Waals surface area contributed by atoms with Crippen LogP contribution in [0.5, 0.6) is 0 Å². The minimum atomic E-state index is 1.05. The molecule has 1 rings (SSSR count). The lowest BCUT2D eigenvalue weighted by Gasteiger charge is -2.17. The fourth-order valence-corrected chi connectivity index (χ4v) is 0.964. The summed E-state index contributed by atoms with van der Waals surface area (Å²) in [5, 5.41) is 4.23. The first-order chi connectivity index (χ1) is 3.93. The van der Waals surface area contributed by atoms with E-state index in [2.05, 4.69) is 17.1 Å². The molecule has 2 heteroatoms. The van der Waals surface area contributed by atoms with Gasteiger partial charge in [0.15, 0.2) is 13.1 Å². The third-order valence-corrected chi connectivity index (χ3v) is 1.60. The Hall–Kier alpha value is -0.0800. The summed E-state index contributed by atoms with van der Waals surface area (Å²) in [6.45, 7) is 7.84. The molecule has 0 unspecified atom stereocenters. The summed E-state index contributed by atoms with van der Waals surface area (Å²) in [7, 11) is 0. The highest BCUT2D eigenvalue weighted by molar-refractivity contribution is 4.64. The molecule has 0 aliphatic carbocycles. The molecule has 8 heavy (non-hydrogen) atoms. The molecule has 1 fully saturated rings. The van der Waals surface area contributed by atoms with Gasteiger partial charge in [-0.25, -0.2) is 0 Å². The smallest absolute Gasteiger partial charge is 0.196 e. The van der Waals surface area contributed by atoms with Crippen LogP contribution in [0.15, 0.2) is 0 Å². The average molecular weight is 113 g/mol. The highest BCUT2D eigenvalue weighted by Gasteiger charge is 2.15. The van der Waals surface area contributed by atoms with Crippen molar-refractivity contribution < 1.29 is 0 Å². The van der Waals surface area contributed by atoms with E-state index in [-0.39, 0.29) is 0 Å². The van der Waals surface area contributed by atoms with Gasteiger partial charge in [-0.2, -0.15) is 0 Å². The zero-order valence-corrected chi connectivity index (χ0v) is 5.43. The van der Waals surface area contributed by atoms with Crippen molar-refractivity contribution in [1.29, 1.82) is 0 Å². The number of rotatable bonds is 1. The molecule has 2 nitrogen and oxygen atoms in total. The van der Waals surface area contributed by atoms with Gasteiger partial charge in [0.25, 0.3) is 0 Å². The van der Waals surface area contributed by atoms with E-state index in [1.54, 1.807) is 0 Å². The molecular formula is C6H13N2+. The molecule has 0 aromatic rings. The summed E-state index contributed by atoms with van der Waals surface area (Å²) in [5.41, 5.74) is 0. The second-order valence-electron chi connectivity index (χ2n) is 2.11. The molecule has 2 radical (unpaired) electrons.